The molecular weight excluding hydrogens is 272 g/mol. The first-order valence-corrected chi connectivity index (χ1v) is 6.27. The van der Waals surface area contributed by atoms with E-state index in [1.54, 1.807) is 31.2 Å². The smallest absolute Gasteiger partial charge is 0.270 e. The minimum atomic E-state index is -0.539. The number of anilines is 1. The summed E-state index contributed by atoms with van der Waals surface area (Å²) in [5.41, 5.74) is 1.96. The number of aryl methyl sites for hydroxylation is 1. The van der Waals surface area contributed by atoms with E-state index in [-0.39, 0.29) is 17.9 Å². The number of carbonyl (C=O) groups is 1. The third-order valence-corrected chi connectivity index (χ3v) is 3.04. The monoisotopic (exact) mass is 286 g/mol. The van der Waals surface area contributed by atoms with Crippen molar-refractivity contribution in [2.75, 3.05) is 5.32 Å². The standard InChI is InChI=1S/C15H14N2O4/c1-10-5-6-13(17(20)21)8-14(10)15(19)16-12-4-2-3-11(7-12)9-18/h2-8,18H,9H2,1H3,(H,16,19). The largest absolute Gasteiger partial charge is 0.392 e. The summed E-state index contributed by atoms with van der Waals surface area (Å²) in [6.45, 7) is 1.59. The summed E-state index contributed by atoms with van der Waals surface area (Å²) < 4.78 is 0. The van der Waals surface area contributed by atoms with Crippen molar-refractivity contribution < 1.29 is 14.8 Å². The number of aliphatic hydroxyl groups is 1. The molecule has 0 radical (unpaired) electrons. The fraction of sp³-hybridized carbons (Fsp3) is 0.133. The third-order valence-electron chi connectivity index (χ3n) is 3.04. The Kier molecular flexibility index (Phi) is 4.30. The number of nitrogens with one attached hydrogen (secondary N) is 1. The number of rotatable bonds is 4. The molecule has 0 saturated carbocycles. The predicted molar refractivity (Wildman–Crippen MR) is 78.2 cm³/mol. The van der Waals surface area contributed by atoms with Crippen molar-refractivity contribution in [2.45, 2.75) is 13.5 Å². The Morgan fingerprint density at radius 1 is 1.29 bits per heavy atom. The third kappa shape index (κ3) is 3.43. The lowest BCUT2D eigenvalue weighted by Crippen LogP contribution is -2.13. The molecule has 0 bridgehead atoms. The van der Waals surface area contributed by atoms with Gasteiger partial charge in [-0.1, -0.05) is 18.2 Å². The first-order valence-electron chi connectivity index (χ1n) is 6.27. The molecule has 0 aliphatic rings. The van der Waals surface area contributed by atoms with Crippen LogP contribution in [0.4, 0.5) is 11.4 Å². The van der Waals surface area contributed by atoms with Gasteiger partial charge in [0.2, 0.25) is 0 Å². The van der Waals surface area contributed by atoms with Crippen LogP contribution in [-0.4, -0.2) is 15.9 Å². The van der Waals surface area contributed by atoms with Crippen LogP contribution < -0.4 is 5.32 Å². The number of nitrogens with zero attached hydrogens (tertiary/aromatic N) is 1. The second-order valence-electron chi connectivity index (χ2n) is 4.57. The van der Waals surface area contributed by atoms with Gasteiger partial charge in [0, 0.05) is 23.4 Å². The molecule has 2 aromatic carbocycles. The average molecular weight is 286 g/mol. The van der Waals surface area contributed by atoms with Crippen LogP contribution in [0.15, 0.2) is 42.5 Å². The van der Waals surface area contributed by atoms with Gasteiger partial charge in [0.15, 0.2) is 0 Å². The maximum atomic E-state index is 12.2. The number of hydrogen-bond acceptors (Lipinski definition) is 4. The first kappa shape index (κ1) is 14.7. The highest BCUT2D eigenvalue weighted by molar-refractivity contribution is 6.05. The second kappa shape index (κ2) is 6.15. The zero-order valence-electron chi connectivity index (χ0n) is 11.4. The van der Waals surface area contributed by atoms with Crippen LogP contribution >= 0.6 is 0 Å². The second-order valence-corrected chi connectivity index (χ2v) is 4.57. The maximum Gasteiger partial charge on any atom is 0.270 e. The van der Waals surface area contributed by atoms with Crippen LogP contribution in [-0.2, 0) is 6.61 Å². The fourth-order valence-electron chi connectivity index (χ4n) is 1.91. The van der Waals surface area contributed by atoms with Gasteiger partial charge >= 0.3 is 0 Å². The molecule has 6 heteroatoms. The SMILES string of the molecule is Cc1ccc([N+](=O)[O-])cc1C(=O)Nc1cccc(CO)c1. The molecule has 0 aromatic heterocycles. The van der Waals surface area contributed by atoms with Gasteiger partial charge in [0.25, 0.3) is 11.6 Å². The lowest BCUT2D eigenvalue weighted by atomic mass is 10.1. The Hall–Kier alpha value is -2.73. The number of nitro groups is 1. The van der Waals surface area contributed by atoms with E-state index in [0.29, 0.717) is 16.8 Å². The molecule has 0 spiro atoms. The molecule has 1 amide bonds. The summed E-state index contributed by atoms with van der Waals surface area (Å²) in [6.07, 6.45) is 0. The molecule has 2 aromatic rings. The van der Waals surface area contributed by atoms with Gasteiger partial charge in [0.1, 0.15) is 0 Å². The summed E-state index contributed by atoms with van der Waals surface area (Å²) in [4.78, 5) is 22.4. The molecule has 0 aliphatic heterocycles. The summed E-state index contributed by atoms with van der Waals surface area (Å²) in [6, 6.07) is 10.9. The van der Waals surface area contributed by atoms with Crippen molar-refractivity contribution in [1.29, 1.82) is 0 Å². The van der Waals surface area contributed by atoms with Gasteiger partial charge in [-0.15, -0.1) is 0 Å². The number of benzene rings is 2. The lowest BCUT2D eigenvalue weighted by Gasteiger charge is -2.08. The molecule has 0 aliphatic carbocycles. The van der Waals surface area contributed by atoms with Gasteiger partial charge in [-0.05, 0) is 30.2 Å². The van der Waals surface area contributed by atoms with E-state index in [1.165, 1.54) is 18.2 Å². The summed E-state index contributed by atoms with van der Waals surface area (Å²) in [5.74, 6) is -0.425. The Morgan fingerprint density at radius 2 is 2.05 bits per heavy atom. The number of amides is 1. The van der Waals surface area contributed by atoms with E-state index < -0.39 is 10.8 Å². The first-order chi connectivity index (χ1) is 10.0. The topological polar surface area (TPSA) is 92.5 Å². The number of aliphatic hydroxyl groups excluding tert-OH is 1. The van der Waals surface area contributed by atoms with E-state index >= 15 is 0 Å². The van der Waals surface area contributed by atoms with Crippen molar-refractivity contribution in [1.82, 2.24) is 0 Å². The fourth-order valence-corrected chi connectivity index (χ4v) is 1.91. The van der Waals surface area contributed by atoms with E-state index in [1.807, 2.05) is 0 Å². The maximum absolute atomic E-state index is 12.2. The van der Waals surface area contributed by atoms with Crippen LogP contribution in [0.25, 0.3) is 0 Å². The van der Waals surface area contributed by atoms with Gasteiger partial charge in [0.05, 0.1) is 11.5 Å². The van der Waals surface area contributed by atoms with Crippen LogP contribution in [0.3, 0.4) is 0 Å². The zero-order valence-corrected chi connectivity index (χ0v) is 11.4. The molecule has 2 rings (SSSR count). The molecule has 0 fully saturated rings. The lowest BCUT2D eigenvalue weighted by molar-refractivity contribution is -0.384. The summed E-state index contributed by atoms with van der Waals surface area (Å²) in [5, 5.41) is 22.5. The predicted octanol–water partition coefficient (Wildman–Crippen LogP) is 2.65. The quantitative estimate of drug-likeness (QED) is 0.667. The van der Waals surface area contributed by atoms with Crippen LogP contribution in [0.5, 0.6) is 0 Å². The van der Waals surface area contributed by atoms with Crippen molar-refractivity contribution in [2.24, 2.45) is 0 Å². The van der Waals surface area contributed by atoms with Gasteiger partial charge in [-0.2, -0.15) is 0 Å². The summed E-state index contributed by atoms with van der Waals surface area (Å²) >= 11 is 0. The Morgan fingerprint density at radius 3 is 2.71 bits per heavy atom. The van der Waals surface area contributed by atoms with Crippen LogP contribution in [0.1, 0.15) is 21.5 Å². The number of non-ortho nitro benzene ring substituents is 1. The zero-order chi connectivity index (χ0) is 15.4. The van der Waals surface area contributed by atoms with E-state index in [9.17, 15) is 14.9 Å². The normalized spacial score (nSPS) is 10.2. The minimum Gasteiger partial charge on any atom is -0.392 e. The van der Waals surface area contributed by atoms with Crippen LogP contribution in [0, 0.1) is 17.0 Å². The van der Waals surface area contributed by atoms with Crippen molar-refractivity contribution in [3.8, 4) is 0 Å². The summed E-state index contributed by atoms with van der Waals surface area (Å²) in [7, 11) is 0. The molecule has 108 valence electrons. The van der Waals surface area contributed by atoms with Gasteiger partial charge in [-0.3, -0.25) is 14.9 Å². The van der Waals surface area contributed by atoms with Crippen molar-refractivity contribution in [3.63, 3.8) is 0 Å². The van der Waals surface area contributed by atoms with Gasteiger partial charge in [-0.25, -0.2) is 0 Å². The average Bonchev–Trinajstić information content (AvgIpc) is 2.47. The van der Waals surface area contributed by atoms with E-state index in [2.05, 4.69) is 5.32 Å². The Labute approximate surface area is 121 Å². The highest BCUT2D eigenvalue weighted by Gasteiger charge is 2.14. The molecule has 21 heavy (non-hydrogen) atoms. The van der Waals surface area contributed by atoms with Gasteiger partial charge < -0.3 is 10.4 Å². The number of hydrogen-bond donors (Lipinski definition) is 2. The van der Waals surface area contributed by atoms with E-state index in [4.69, 9.17) is 5.11 Å². The highest BCUT2D eigenvalue weighted by Crippen LogP contribution is 2.19. The number of nitro benzene ring substituents is 1. The molecule has 0 saturated heterocycles. The van der Waals surface area contributed by atoms with E-state index in [0.717, 1.165) is 0 Å². The minimum absolute atomic E-state index is 0.125. The molecular formula is C15H14N2O4. The number of carbonyl (C=O) groups excluding carboxylic acids is 1. The van der Waals surface area contributed by atoms with Crippen molar-refractivity contribution >= 4 is 17.3 Å². The highest BCUT2D eigenvalue weighted by atomic mass is 16.6. The molecule has 2 N–H and O–H groups in total. The molecule has 0 heterocycles. The van der Waals surface area contributed by atoms with Crippen molar-refractivity contribution in [3.05, 3.63) is 69.3 Å². The molecule has 6 nitrogen and oxygen atoms in total. The molecule has 0 atom stereocenters. The Balaban J connectivity index is 2.27. The Bertz CT molecular complexity index is 698. The van der Waals surface area contributed by atoms with Crippen LogP contribution in [0.2, 0.25) is 0 Å². The molecule has 0 unspecified atom stereocenters.